The standard InChI is InChI=1S/C9H27N2PS2Si2/c1-12(2,13)9-14(10-15(3,4)5)11-16(6,7)8/h9H2,1-8H3,(H,10,11)/p+1. The zero-order chi connectivity index (χ0) is 13.2. The first-order valence-corrected chi connectivity index (χ1v) is 17.9. The summed E-state index contributed by atoms with van der Waals surface area (Å²) in [4.78, 5) is 0. The second kappa shape index (κ2) is 5.98. The summed E-state index contributed by atoms with van der Waals surface area (Å²) < 4.78 is 7.64. The highest BCUT2D eigenvalue weighted by Crippen LogP contribution is 2.48. The lowest BCUT2D eigenvalue weighted by Crippen LogP contribution is -2.98. The van der Waals surface area contributed by atoms with Gasteiger partial charge in [-0.3, -0.25) is 4.03 Å². The predicted octanol–water partition coefficient (Wildman–Crippen LogP) is 2.63. The van der Waals surface area contributed by atoms with Crippen molar-refractivity contribution in [2.24, 2.45) is 4.03 Å². The van der Waals surface area contributed by atoms with Crippen LogP contribution in [0.1, 0.15) is 0 Å². The summed E-state index contributed by atoms with van der Waals surface area (Å²) in [7, 11) is -2.32. The summed E-state index contributed by atoms with van der Waals surface area (Å²) in [5.74, 6) is 0. The van der Waals surface area contributed by atoms with Gasteiger partial charge in [0.05, 0.1) is 10.9 Å². The van der Waals surface area contributed by atoms with Crippen LogP contribution in [0.5, 0.6) is 0 Å². The molecule has 7 heteroatoms. The van der Waals surface area contributed by atoms with Crippen molar-refractivity contribution in [2.75, 3.05) is 18.8 Å². The molecule has 0 aromatic rings. The number of hydrogen-bond donors (Lipinski definition) is 1. The van der Waals surface area contributed by atoms with E-state index in [9.17, 15) is 0 Å². The maximum atomic E-state index is 5.61. The van der Waals surface area contributed by atoms with E-state index in [1.165, 1.54) is 0 Å². The highest BCUT2D eigenvalue weighted by molar-refractivity contribution is 8.43. The van der Waals surface area contributed by atoms with Crippen LogP contribution in [0.2, 0.25) is 39.3 Å². The average Bonchev–Trinajstić information content (AvgIpc) is 1.70. The fourth-order valence-corrected chi connectivity index (χ4v) is 13.2. The smallest absolute Gasteiger partial charge is 0.285 e. The quantitative estimate of drug-likeness (QED) is 0.472. The van der Waals surface area contributed by atoms with E-state index >= 15 is 0 Å². The zero-order valence-electron chi connectivity index (χ0n) is 12.0. The number of quaternary nitrogens is 1. The fourth-order valence-electron chi connectivity index (χ4n) is 1.17. The number of hydrogen-bond acceptors (Lipinski definition) is 2. The Hall–Kier alpha value is 1.32. The molecular formula is C9H28N2PS2Si2+. The van der Waals surface area contributed by atoms with Gasteiger partial charge in [0, 0.05) is 13.3 Å². The van der Waals surface area contributed by atoms with E-state index in [0.717, 1.165) is 5.49 Å². The minimum Gasteiger partial charge on any atom is -0.556 e. The van der Waals surface area contributed by atoms with Crippen LogP contribution in [0.4, 0.5) is 0 Å². The van der Waals surface area contributed by atoms with Crippen molar-refractivity contribution in [1.29, 1.82) is 0 Å². The van der Waals surface area contributed by atoms with Crippen LogP contribution in [-0.4, -0.2) is 35.3 Å². The Labute approximate surface area is 112 Å². The van der Waals surface area contributed by atoms with Crippen molar-refractivity contribution in [3.8, 4) is 0 Å². The van der Waals surface area contributed by atoms with Crippen LogP contribution in [0.3, 0.4) is 0 Å². The van der Waals surface area contributed by atoms with Crippen LogP contribution < -0.4 is 4.39 Å². The molecule has 0 aromatic heterocycles. The minimum absolute atomic E-state index is 0.136. The fraction of sp³-hybridized carbons (Fsp3) is 1.00. The maximum Gasteiger partial charge on any atom is 0.285 e. The first-order valence-electron chi connectivity index (χ1n) is 5.61. The van der Waals surface area contributed by atoms with Gasteiger partial charge in [0.2, 0.25) is 0 Å². The Morgan fingerprint density at radius 1 is 1.12 bits per heavy atom. The monoisotopic (exact) mass is 315 g/mol. The van der Waals surface area contributed by atoms with E-state index in [0.29, 0.717) is 0 Å². The molecule has 98 valence electrons. The Kier molecular flexibility index (Phi) is 6.47. The molecule has 0 saturated heterocycles. The van der Waals surface area contributed by atoms with E-state index in [1.807, 2.05) is 0 Å². The molecule has 16 heavy (non-hydrogen) atoms. The lowest BCUT2D eigenvalue weighted by molar-refractivity contribution is -0.335. The lowest BCUT2D eigenvalue weighted by Gasteiger charge is -2.26. The van der Waals surface area contributed by atoms with Crippen LogP contribution in [0.15, 0.2) is 4.03 Å². The molecule has 0 amide bonds. The summed E-state index contributed by atoms with van der Waals surface area (Å²) in [6.45, 7) is 17.5. The third-order valence-corrected chi connectivity index (χ3v) is 12.9. The molecule has 0 rings (SSSR count). The molecule has 2 nitrogen and oxygen atoms in total. The summed E-state index contributed by atoms with van der Waals surface area (Å²) in [6, 6.07) is 0. The molecule has 0 fully saturated rings. The predicted molar refractivity (Wildman–Crippen MR) is 89.4 cm³/mol. The zero-order valence-corrected chi connectivity index (χ0v) is 16.5. The summed E-state index contributed by atoms with van der Waals surface area (Å²) in [6.07, 6.45) is 0. The van der Waals surface area contributed by atoms with Gasteiger partial charge in [0.1, 0.15) is 5.49 Å². The minimum atomic E-state index is -1.32. The molecule has 2 N–H and O–H groups in total. The molecule has 1 unspecified atom stereocenters. The summed E-state index contributed by atoms with van der Waals surface area (Å²) in [5.41, 5.74) is 1.15. The molecule has 0 aliphatic carbocycles. The highest BCUT2D eigenvalue weighted by Gasteiger charge is 2.27. The molecule has 0 aromatic carbocycles. The lowest BCUT2D eigenvalue weighted by atomic mass is 11.8. The van der Waals surface area contributed by atoms with Gasteiger partial charge in [-0.1, -0.05) is 6.46 Å². The van der Waals surface area contributed by atoms with Gasteiger partial charge < -0.3 is 16.6 Å². The summed E-state index contributed by atoms with van der Waals surface area (Å²) >= 11 is 5.61. The first kappa shape index (κ1) is 17.3. The van der Waals surface area contributed by atoms with Crippen LogP contribution in [0.25, 0.3) is 0 Å². The van der Waals surface area contributed by atoms with Gasteiger partial charge in [-0.2, -0.15) is 0 Å². The molecule has 0 heterocycles. The molecule has 0 bridgehead atoms. The first-order chi connectivity index (χ1) is 6.79. The van der Waals surface area contributed by atoms with Crippen LogP contribution >= 0.6 is 6.46 Å². The highest BCUT2D eigenvalue weighted by atomic mass is 32.7. The van der Waals surface area contributed by atoms with Crippen molar-refractivity contribution in [3.05, 3.63) is 0 Å². The van der Waals surface area contributed by atoms with E-state index in [1.54, 1.807) is 0 Å². The van der Waals surface area contributed by atoms with Crippen molar-refractivity contribution in [2.45, 2.75) is 39.3 Å². The number of nitrogens with two attached hydrogens (primary N) is 1. The van der Waals surface area contributed by atoms with Gasteiger partial charge in [0.25, 0.3) is 8.24 Å². The van der Waals surface area contributed by atoms with Crippen molar-refractivity contribution in [1.82, 2.24) is 0 Å². The van der Waals surface area contributed by atoms with E-state index in [2.05, 4.69) is 57.0 Å². The van der Waals surface area contributed by atoms with Crippen LogP contribution in [0, 0.1) is 0 Å². The molecular weight excluding hydrogens is 287 g/mol. The van der Waals surface area contributed by atoms with Gasteiger partial charge in [-0.15, -0.1) is 0 Å². The molecule has 0 aliphatic rings. The number of rotatable bonds is 5. The topological polar surface area (TPSA) is 29.0 Å². The van der Waals surface area contributed by atoms with Crippen molar-refractivity contribution < 1.29 is 4.39 Å². The summed E-state index contributed by atoms with van der Waals surface area (Å²) in [5, 5.41) is 0. The van der Waals surface area contributed by atoms with Gasteiger partial charge in [-0.05, 0) is 39.3 Å². The van der Waals surface area contributed by atoms with Crippen molar-refractivity contribution >= 4 is 46.1 Å². The average molecular weight is 316 g/mol. The van der Waals surface area contributed by atoms with Gasteiger partial charge in [-0.25, -0.2) is 0 Å². The Morgan fingerprint density at radius 3 is 1.81 bits per heavy atom. The number of nitrogens with zero attached hydrogens (tertiary/aromatic N) is 1. The SMILES string of the molecule is C[Si](C)(C)N=S(C[P+](C)(C)[S-])[NH2+][Si](C)(C)C. The third-order valence-electron chi connectivity index (χ3n) is 1.32. The largest absolute Gasteiger partial charge is 0.556 e. The van der Waals surface area contributed by atoms with E-state index in [4.69, 9.17) is 16.3 Å². The second-order valence-electron chi connectivity index (χ2n) is 6.85. The van der Waals surface area contributed by atoms with Gasteiger partial charge >= 0.3 is 0 Å². The molecule has 0 saturated carbocycles. The van der Waals surface area contributed by atoms with E-state index < -0.39 is 22.9 Å². The van der Waals surface area contributed by atoms with Crippen molar-refractivity contribution in [3.63, 3.8) is 0 Å². The Bertz CT molecular complexity index is 246. The normalized spacial score (nSPS) is 16.6. The molecule has 1 atom stereocenters. The van der Waals surface area contributed by atoms with Gasteiger partial charge in [0.15, 0.2) is 8.24 Å². The Balaban J connectivity index is 4.87. The van der Waals surface area contributed by atoms with E-state index in [-0.39, 0.29) is 10.9 Å². The maximum absolute atomic E-state index is 5.61. The second-order valence-corrected chi connectivity index (χ2v) is 25.5. The third kappa shape index (κ3) is 11.8. The molecule has 0 spiro atoms. The molecule has 0 radical (unpaired) electrons. The van der Waals surface area contributed by atoms with Crippen LogP contribution in [-0.2, 0) is 23.1 Å². The molecule has 0 aliphatic heterocycles. The Morgan fingerprint density at radius 2 is 1.56 bits per heavy atom.